The van der Waals surface area contributed by atoms with Gasteiger partial charge in [-0.05, 0) is 26.7 Å². The molecule has 0 aliphatic carbocycles. The lowest BCUT2D eigenvalue weighted by Crippen LogP contribution is -2.46. The Bertz CT molecular complexity index is 388. The lowest BCUT2D eigenvalue weighted by molar-refractivity contribution is -0.119. The van der Waals surface area contributed by atoms with Crippen LogP contribution in [0.1, 0.15) is 33.6 Å². The van der Waals surface area contributed by atoms with E-state index < -0.39 is 15.7 Å². The van der Waals surface area contributed by atoms with Crippen molar-refractivity contribution in [2.75, 3.05) is 12.9 Å². The summed E-state index contributed by atoms with van der Waals surface area (Å²) in [5, 5.41) is 2.78. The number of carbonyl (C=O) groups excluding carboxylic acids is 1. The Balaban J connectivity index is 4.59. The molecule has 0 radical (unpaired) electrons. The maximum atomic E-state index is 11.5. The van der Waals surface area contributed by atoms with E-state index in [2.05, 4.69) is 16.1 Å². The van der Waals surface area contributed by atoms with Gasteiger partial charge in [-0.2, -0.15) is 8.42 Å². The van der Waals surface area contributed by atoms with Crippen molar-refractivity contribution < 1.29 is 17.4 Å². The Morgan fingerprint density at radius 3 is 2.35 bits per heavy atom. The van der Waals surface area contributed by atoms with E-state index in [4.69, 9.17) is 0 Å². The van der Waals surface area contributed by atoms with E-state index in [0.29, 0.717) is 18.4 Å². The molecular formula is C11H21NO4S. The van der Waals surface area contributed by atoms with Gasteiger partial charge in [0.15, 0.2) is 0 Å². The lowest BCUT2D eigenvalue weighted by atomic mass is 9.95. The van der Waals surface area contributed by atoms with Crippen LogP contribution in [-0.4, -0.2) is 32.7 Å². The molecule has 0 spiro atoms. The maximum Gasteiger partial charge on any atom is 0.267 e. The average molecular weight is 263 g/mol. The van der Waals surface area contributed by atoms with Crippen LogP contribution in [0.25, 0.3) is 0 Å². The summed E-state index contributed by atoms with van der Waals surface area (Å²) in [5.41, 5.74) is -0.166. The topological polar surface area (TPSA) is 72.5 Å². The number of hydrogen-bond acceptors (Lipinski definition) is 4. The molecule has 0 aromatic heterocycles. The van der Waals surface area contributed by atoms with Gasteiger partial charge in [-0.1, -0.05) is 13.5 Å². The van der Waals surface area contributed by atoms with Crippen molar-refractivity contribution in [3.8, 4) is 0 Å². The molecule has 6 heteroatoms. The van der Waals surface area contributed by atoms with Crippen molar-refractivity contribution in [3.05, 3.63) is 12.2 Å². The van der Waals surface area contributed by atoms with Gasteiger partial charge in [0.2, 0.25) is 5.91 Å². The summed E-state index contributed by atoms with van der Waals surface area (Å²) in [5.74, 6) is -0.381. The van der Waals surface area contributed by atoms with Crippen molar-refractivity contribution >= 4 is 16.0 Å². The van der Waals surface area contributed by atoms with E-state index in [1.807, 2.05) is 6.92 Å². The predicted octanol–water partition coefficient (Wildman–Crippen LogP) is 1.21. The van der Waals surface area contributed by atoms with Crippen LogP contribution in [-0.2, 0) is 19.1 Å². The quantitative estimate of drug-likeness (QED) is 0.553. The van der Waals surface area contributed by atoms with Gasteiger partial charge in [0.25, 0.3) is 10.1 Å². The number of nitrogens with one attached hydrogen (secondary N) is 1. The zero-order valence-corrected chi connectivity index (χ0v) is 11.7. The summed E-state index contributed by atoms with van der Waals surface area (Å²) in [6, 6.07) is 0. The first-order valence-corrected chi connectivity index (χ1v) is 7.00. The summed E-state index contributed by atoms with van der Waals surface area (Å²) >= 11 is 0. The highest BCUT2D eigenvalue weighted by Gasteiger charge is 2.26. The van der Waals surface area contributed by atoms with Gasteiger partial charge in [0.1, 0.15) is 0 Å². The number of hydrogen-bond donors (Lipinski definition) is 1. The fourth-order valence-electron chi connectivity index (χ4n) is 1.14. The predicted molar refractivity (Wildman–Crippen MR) is 67.1 cm³/mol. The Morgan fingerprint density at radius 1 is 1.47 bits per heavy atom. The molecule has 0 rings (SSSR count). The average Bonchev–Trinajstić information content (AvgIpc) is 2.26. The van der Waals surface area contributed by atoms with Crippen molar-refractivity contribution in [1.29, 1.82) is 0 Å². The molecule has 1 unspecified atom stereocenters. The number of rotatable bonds is 7. The van der Waals surface area contributed by atoms with E-state index >= 15 is 0 Å². The molecular weight excluding hydrogens is 242 g/mol. The maximum absolute atomic E-state index is 11.5. The monoisotopic (exact) mass is 263 g/mol. The van der Waals surface area contributed by atoms with Gasteiger partial charge in [0, 0.05) is 11.1 Å². The highest BCUT2D eigenvalue weighted by molar-refractivity contribution is 7.86. The molecule has 0 aliphatic rings. The second-order valence-electron chi connectivity index (χ2n) is 4.33. The Labute approximate surface area is 103 Å². The molecule has 17 heavy (non-hydrogen) atoms. The van der Waals surface area contributed by atoms with E-state index in [9.17, 15) is 13.2 Å². The van der Waals surface area contributed by atoms with Gasteiger partial charge in [-0.3, -0.25) is 8.98 Å². The van der Waals surface area contributed by atoms with Crippen LogP contribution in [0.4, 0.5) is 0 Å². The molecule has 5 nitrogen and oxygen atoms in total. The molecule has 1 N–H and O–H groups in total. The largest absolute Gasteiger partial charge is 0.347 e. The summed E-state index contributed by atoms with van der Waals surface area (Å²) in [4.78, 5) is 11.5. The van der Waals surface area contributed by atoms with Crippen LogP contribution in [0, 0.1) is 0 Å². The summed E-state index contributed by atoms with van der Waals surface area (Å²) in [6.45, 7) is 8.84. The number of amides is 1. The molecule has 0 saturated carbocycles. The molecule has 0 saturated heterocycles. The first-order valence-electron chi connectivity index (χ1n) is 5.42. The van der Waals surface area contributed by atoms with Crippen LogP contribution in [0.3, 0.4) is 0 Å². The molecule has 0 fully saturated rings. The van der Waals surface area contributed by atoms with Crippen LogP contribution in [0.5, 0.6) is 0 Å². The minimum absolute atomic E-state index is 0.121. The number of carbonyl (C=O) groups is 1. The summed E-state index contributed by atoms with van der Waals surface area (Å²) < 4.78 is 26.8. The second-order valence-corrected chi connectivity index (χ2v) is 6.18. The normalized spacial score (nSPS) is 15.1. The smallest absolute Gasteiger partial charge is 0.267 e. The molecule has 1 amide bonds. The van der Waals surface area contributed by atoms with E-state index in [-0.39, 0.29) is 11.7 Å². The molecule has 100 valence electrons. The SMILES string of the molecule is C=C(C)C(=O)NC(C)(CC)CCS(=O)(=O)OC. The van der Waals surface area contributed by atoms with Crippen LogP contribution >= 0.6 is 0 Å². The van der Waals surface area contributed by atoms with Crippen molar-refractivity contribution in [3.63, 3.8) is 0 Å². The van der Waals surface area contributed by atoms with Gasteiger partial charge in [-0.15, -0.1) is 0 Å². The minimum atomic E-state index is -3.49. The minimum Gasteiger partial charge on any atom is -0.347 e. The first kappa shape index (κ1) is 16.1. The Kier molecular flexibility index (Phi) is 5.84. The van der Waals surface area contributed by atoms with E-state index in [1.54, 1.807) is 13.8 Å². The van der Waals surface area contributed by atoms with Crippen molar-refractivity contribution in [1.82, 2.24) is 5.32 Å². The third-order valence-electron chi connectivity index (χ3n) is 2.74. The second kappa shape index (κ2) is 6.16. The van der Waals surface area contributed by atoms with E-state index in [1.165, 1.54) is 0 Å². The zero-order valence-electron chi connectivity index (χ0n) is 10.9. The Hall–Kier alpha value is -0.880. The van der Waals surface area contributed by atoms with Crippen LogP contribution in [0.2, 0.25) is 0 Å². The third kappa shape index (κ3) is 5.83. The molecule has 0 aromatic carbocycles. The molecule has 0 bridgehead atoms. The third-order valence-corrected chi connectivity index (χ3v) is 3.95. The Morgan fingerprint density at radius 2 is 2.00 bits per heavy atom. The highest BCUT2D eigenvalue weighted by Crippen LogP contribution is 2.16. The summed E-state index contributed by atoms with van der Waals surface area (Å²) in [7, 11) is -2.36. The fraction of sp³-hybridized carbons (Fsp3) is 0.727. The van der Waals surface area contributed by atoms with E-state index in [0.717, 1.165) is 7.11 Å². The molecule has 0 aliphatic heterocycles. The van der Waals surface area contributed by atoms with Gasteiger partial charge in [0.05, 0.1) is 12.9 Å². The van der Waals surface area contributed by atoms with Crippen molar-refractivity contribution in [2.45, 2.75) is 39.2 Å². The van der Waals surface area contributed by atoms with Crippen molar-refractivity contribution in [2.24, 2.45) is 0 Å². The van der Waals surface area contributed by atoms with Crippen LogP contribution < -0.4 is 5.32 Å². The zero-order chi connectivity index (χ0) is 13.7. The molecule has 0 heterocycles. The highest BCUT2D eigenvalue weighted by atomic mass is 32.2. The lowest BCUT2D eigenvalue weighted by Gasteiger charge is -2.29. The van der Waals surface area contributed by atoms with Crippen LogP contribution in [0.15, 0.2) is 12.2 Å². The van der Waals surface area contributed by atoms with Gasteiger partial charge < -0.3 is 5.32 Å². The first-order chi connectivity index (χ1) is 7.66. The molecule has 0 aromatic rings. The standard InChI is InChI=1S/C11H21NO4S/c1-6-11(4,12-10(13)9(2)3)7-8-17(14,15)16-5/h2,6-8H2,1,3-5H3,(H,12,13). The van der Waals surface area contributed by atoms with Gasteiger partial charge in [-0.25, -0.2) is 0 Å². The summed E-state index contributed by atoms with van der Waals surface area (Å²) in [6.07, 6.45) is 0.934. The molecule has 1 atom stereocenters. The fourth-order valence-corrected chi connectivity index (χ4v) is 2.01. The van der Waals surface area contributed by atoms with Gasteiger partial charge >= 0.3 is 0 Å².